The molecular formula is C13H16BrN3. The molecule has 3 nitrogen and oxygen atoms in total. The van der Waals surface area contributed by atoms with E-state index in [1.807, 2.05) is 12.1 Å². The topological polar surface area (TPSA) is 20.5 Å². The maximum atomic E-state index is 4.70. The van der Waals surface area contributed by atoms with Gasteiger partial charge in [0, 0.05) is 18.9 Å². The standard InChI is InChI=1S/C13H16BrN3/c1-16-6-4-10(8-16)7-11-9-17-5-2-3-12(14)13(17)15-11/h2-3,5,9-10H,4,6-8H2,1H3. The summed E-state index contributed by atoms with van der Waals surface area (Å²) in [6.07, 6.45) is 6.60. The van der Waals surface area contributed by atoms with Gasteiger partial charge in [0.25, 0.3) is 0 Å². The molecule has 1 aliphatic rings. The van der Waals surface area contributed by atoms with Gasteiger partial charge in [-0.25, -0.2) is 4.98 Å². The van der Waals surface area contributed by atoms with Gasteiger partial charge in [-0.2, -0.15) is 0 Å². The molecule has 0 aliphatic carbocycles. The summed E-state index contributed by atoms with van der Waals surface area (Å²) < 4.78 is 3.16. The van der Waals surface area contributed by atoms with Gasteiger partial charge in [-0.05, 0) is 60.4 Å². The van der Waals surface area contributed by atoms with E-state index in [9.17, 15) is 0 Å². The summed E-state index contributed by atoms with van der Waals surface area (Å²) in [6.45, 7) is 2.43. The number of nitrogens with zero attached hydrogens (tertiary/aromatic N) is 3. The molecule has 0 spiro atoms. The predicted molar refractivity (Wildman–Crippen MR) is 72.2 cm³/mol. The monoisotopic (exact) mass is 293 g/mol. The summed E-state index contributed by atoms with van der Waals surface area (Å²) in [5.74, 6) is 0.767. The molecule has 1 atom stereocenters. The minimum absolute atomic E-state index is 0.767. The third kappa shape index (κ3) is 2.24. The fourth-order valence-electron chi connectivity index (χ4n) is 2.62. The smallest absolute Gasteiger partial charge is 0.151 e. The number of imidazole rings is 1. The van der Waals surface area contributed by atoms with Gasteiger partial charge in [-0.1, -0.05) is 0 Å². The maximum Gasteiger partial charge on any atom is 0.151 e. The van der Waals surface area contributed by atoms with Crippen LogP contribution < -0.4 is 0 Å². The van der Waals surface area contributed by atoms with E-state index in [2.05, 4.69) is 44.7 Å². The molecule has 2 aromatic heterocycles. The van der Waals surface area contributed by atoms with Gasteiger partial charge in [0.1, 0.15) is 0 Å². The van der Waals surface area contributed by atoms with Crippen LogP contribution >= 0.6 is 15.9 Å². The molecule has 0 aromatic carbocycles. The zero-order valence-corrected chi connectivity index (χ0v) is 11.5. The van der Waals surface area contributed by atoms with Crippen molar-refractivity contribution < 1.29 is 0 Å². The van der Waals surface area contributed by atoms with Gasteiger partial charge in [0.2, 0.25) is 0 Å². The Kier molecular flexibility index (Phi) is 2.92. The summed E-state index contributed by atoms with van der Waals surface area (Å²) in [7, 11) is 2.19. The third-order valence-electron chi connectivity index (χ3n) is 3.47. The first-order valence-electron chi connectivity index (χ1n) is 6.03. The quantitative estimate of drug-likeness (QED) is 0.848. The average molecular weight is 294 g/mol. The predicted octanol–water partition coefficient (Wildman–Crippen LogP) is 2.59. The Balaban J connectivity index is 1.84. The van der Waals surface area contributed by atoms with E-state index in [0.717, 1.165) is 22.5 Å². The summed E-state index contributed by atoms with van der Waals surface area (Å²) >= 11 is 3.54. The van der Waals surface area contributed by atoms with E-state index < -0.39 is 0 Å². The number of hydrogen-bond donors (Lipinski definition) is 0. The van der Waals surface area contributed by atoms with Gasteiger partial charge < -0.3 is 9.30 Å². The van der Waals surface area contributed by atoms with Gasteiger partial charge in [-0.15, -0.1) is 0 Å². The summed E-state index contributed by atoms with van der Waals surface area (Å²) in [5, 5.41) is 0. The lowest BCUT2D eigenvalue weighted by Crippen LogP contribution is -2.15. The van der Waals surface area contributed by atoms with Crippen LogP contribution in [0.5, 0.6) is 0 Å². The molecule has 0 amide bonds. The van der Waals surface area contributed by atoms with Crippen LogP contribution in [0.2, 0.25) is 0 Å². The van der Waals surface area contributed by atoms with Gasteiger partial charge in [0.05, 0.1) is 10.2 Å². The number of likely N-dealkylation sites (tertiary alicyclic amines) is 1. The van der Waals surface area contributed by atoms with Crippen molar-refractivity contribution in [3.05, 3.63) is 34.7 Å². The fraction of sp³-hybridized carbons (Fsp3) is 0.462. The molecule has 0 saturated carbocycles. The first-order chi connectivity index (χ1) is 8.22. The van der Waals surface area contributed by atoms with E-state index in [4.69, 9.17) is 4.98 Å². The molecular weight excluding hydrogens is 278 g/mol. The molecule has 0 N–H and O–H groups in total. The number of hydrogen-bond acceptors (Lipinski definition) is 2. The molecule has 90 valence electrons. The summed E-state index contributed by atoms with van der Waals surface area (Å²) in [5.41, 5.74) is 2.23. The van der Waals surface area contributed by atoms with E-state index in [1.165, 1.54) is 25.2 Å². The molecule has 1 fully saturated rings. The highest BCUT2D eigenvalue weighted by atomic mass is 79.9. The van der Waals surface area contributed by atoms with Crippen molar-refractivity contribution in [2.75, 3.05) is 20.1 Å². The maximum absolute atomic E-state index is 4.70. The number of rotatable bonds is 2. The Hall–Kier alpha value is -0.870. The highest BCUT2D eigenvalue weighted by Gasteiger charge is 2.20. The van der Waals surface area contributed by atoms with Gasteiger partial charge in [-0.3, -0.25) is 0 Å². The Bertz CT molecular complexity index is 534. The molecule has 1 saturated heterocycles. The van der Waals surface area contributed by atoms with Crippen molar-refractivity contribution in [2.24, 2.45) is 5.92 Å². The second-order valence-corrected chi connectivity index (χ2v) is 5.79. The molecule has 3 rings (SSSR count). The Morgan fingerprint density at radius 1 is 1.53 bits per heavy atom. The van der Waals surface area contributed by atoms with E-state index in [1.54, 1.807) is 0 Å². The molecule has 0 radical (unpaired) electrons. The van der Waals surface area contributed by atoms with Crippen LogP contribution in [0, 0.1) is 5.92 Å². The Morgan fingerprint density at radius 3 is 3.12 bits per heavy atom. The van der Waals surface area contributed by atoms with E-state index in [-0.39, 0.29) is 0 Å². The van der Waals surface area contributed by atoms with Crippen molar-refractivity contribution >= 4 is 21.6 Å². The van der Waals surface area contributed by atoms with Crippen molar-refractivity contribution in [2.45, 2.75) is 12.8 Å². The number of aromatic nitrogens is 2. The lowest BCUT2D eigenvalue weighted by Gasteiger charge is -2.07. The van der Waals surface area contributed by atoms with Gasteiger partial charge >= 0.3 is 0 Å². The van der Waals surface area contributed by atoms with E-state index in [0.29, 0.717) is 0 Å². The first kappa shape index (κ1) is 11.2. The number of pyridine rings is 1. The summed E-state index contributed by atoms with van der Waals surface area (Å²) in [6, 6.07) is 4.07. The fourth-order valence-corrected chi connectivity index (χ4v) is 3.06. The van der Waals surface area contributed by atoms with Crippen molar-refractivity contribution in [1.82, 2.24) is 14.3 Å². The van der Waals surface area contributed by atoms with Crippen molar-refractivity contribution in [1.29, 1.82) is 0 Å². The normalized spacial score (nSPS) is 21.4. The zero-order chi connectivity index (χ0) is 11.8. The lowest BCUT2D eigenvalue weighted by molar-refractivity contribution is 0.394. The van der Waals surface area contributed by atoms with Crippen LogP contribution in [-0.4, -0.2) is 34.4 Å². The SMILES string of the molecule is CN1CCC(Cc2cn3cccc(Br)c3n2)C1. The Labute approximate surface area is 110 Å². The minimum Gasteiger partial charge on any atom is -0.306 e. The second-order valence-electron chi connectivity index (χ2n) is 4.94. The molecule has 4 heteroatoms. The molecule has 17 heavy (non-hydrogen) atoms. The molecule has 0 bridgehead atoms. The molecule has 2 aromatic rings. The van der Waals surface area contributed by atoms with Crippen molar-refractivity contribution in [3.8, 4) is 0 Å². The van der Waals surface area contributed by atoms with Crippen molar-refractivity contribution in [3.63, 3.8) is 0 Å². The Morgan fingerprint density at radius 2 is 2.41 bits per heavy atom. The van der Waals surface area contributed by atoms with Crippen LogP contribution in [0.25, 0.3) is 5.65 Å². The minimum atomic E-state index is 0.767. The average Bonchev–Trinajstić information content (AvgIpc) is 2.86. The van der Waals surface area contributed by atoms with Crippen LogP contribution in [0.1, 0.15) is 12.1 Å². The largest absolute Gasteiger partial charge is 0.306 e. The second kappa shape index (κ2) is 4.42. The number of halogens is 1. The summed E-state index contributed by atoms with van der Waals surface area (Å²) in [4.78, 5) is 7.10. The van der Waals surface area contributed by atoms with Crippen LogP contribution in [0.15, 0.2) is 29.0 Å². The van der Waals surface area contributed by atoms with Gasteiger partial charge in [0.15, 0.2) is 5.65 Å². The third-order valence-corrected chi connectivity index (χ3v) is 4.09. The molecule has 1 aliphatic heterocycles. The van der Waals surface area contributed by atoms with Crippen LogP contribution in [0.4, 0.5) is 0 Å². The number of fused-ring (bicyclic) bond motifs is 1. The van der Waals surface area contributed by atoms with Crippen LogP contribution in [-0.2, 0) is 6.42 Å². The lowest BCUT2D eigenvalue weighted by atomic mass is 10.0. The highest BCUT2D eigenvalue weighted by molar-refractivity contribution is 9.10. The van der Waals surface area contributed by atoms with E-state index >= 15 is 0 Å². The highest BCUT2D eigenvalue weighted by Crippen LogP contribution is 2.22. The molecule has 1 unspecified atom stereocenters. The zero-order valence-electron chi connectivity index (χ0n) is 9.93. The molecule has 3 heterocycles. The first-order valence-corrected chi connectivity index (χ1v) is 6.82. The van der Waals surface area contributed by atoms with Crippen LogP contribution in [0.3, 0.4) is 0 Å².